The molecule has 3 N–H and O–H groups in total. The maximum absolute atomic E-state index is 6.22. The van der Waals surface area contributed by atoms with Crippen LogP contribution in [0.2, 0.25) is 0 Å². The van der Waals surface area contributed by atoms with Crippen molar-refractivity contribution in [2.45, 2.75) is 47.3 Å². The maximum atomic E-state index is 6.22. The lowest BCUT2D eigenvalue weighted by molar-refractivity contribution is 0.552. The summed E-state index contributed by atoms with van der Waals surface area (Å²) in [4.78, 5) is 9.09. The van der Waals surface area contributed by atoms with Crippen LogP contribution in [-0.2, 0) is 6.54 Å². The molecule has 0 spiro atoms. The molecule has 0 amide bonds. The van der Waals surface area contributed by atoms with Crippen LogP contribution in [-0.4, -0.2) is 10.8 Å². The maximum Gasteiger partial charge on any atom is 0.129 e. The molecule has 1 aromatic carbocycles. The van der Waals surface area contributed by atoms with E-state index < -0.39 is 0 Å². The largest absolute Gasteiger partial charge is 0.383 e. The highest BCUT2D eigenvalue weighted by Gasteiger charge is 2.12. The summed E-state index contributed by atoms with van der Waals surface area (Å²) in [5.74, 6) is 0.506. The molecule has 0 saturated heterocycles. The monoisotopic (exact) mass is 364 g/mol. The van der Waals surface area contributed by atoms with Crippen LogP contribution >= 0.6 is 0 Å². The highest BCUT2D eigenvalue weighted by atomic mass is 15.1. The fraction of sp³-hybridized carbons (Fsp3) is 0.304. The first-order chi connectivity index (χ1) is 13.1. The molecule has 0 aliphatic heterocycles. The van der Waals surface area contributed by atoms with Gasteiger partial charge < -0.3 is 5.73 Å². The Morgan fingerprint density at radius 1 is 1.15 bits per heavy atom. The van der Waals surface area contributed by atoms with E-state index in [4.69, 9.17) is 10.7 Å². The number of pyridine rings is 1. The molecule has 0 bridgehead atoms. The predicted octanol–water partition coefficient (Wildman–Crippen LogP) is 5.08. The molecule has 144 valence electrons. The van der Waals surface area contributed by atoms with Crippen molar-refractivity contribution in [1.82, 2.24) is 10.3 Å². The van der Waals surface area contributed by atoms with Crippen molar-refractivity contribution >= 4 is 5.84 Å². The molecule has 1 atom stereocenters. The zero-order valence-corrected chi connectivity index (χ0v) is 17.1. The number of aliphatic imine (C=N–C) groups is 1. The predicted molar refractivity (Wildman–Crippen MR) is 117 cm³/mol. The molecule has 4 nitrogen and oxygen atoms in total. The van der Waals surface area contributed by atoms with E-state index >= 15 is 0 Å². The molecule has 27 heavy (non-hydrogen) atoms. The lowest BCUT2D eigenvalue weighted by atomic mass is 10.1. The highest BCUT2D eigenvalue weighted by molar-refractivity contribution is 5.99. The summed E-state index contributed by atoms with van der Waals surface area (Å²) in [7, 11) is 0. The number of amidine groups is 1. The minimum absolute atomic E-state index is 0.256. The zero-order chi connectivity index (χ0) is 20.1. The number of hydrogen-bond donors (Lipinski definition) is 2. The molecule has 2 rings (SSSR count). The Morgan fingerprint density at radius 2 is 1.85 bits per heavy atom. The van der Waals surface area contributed by atoms with Crippen LogP contribution in [0, 0.1) is 6.92 Å². The number of aryl methyl sites for hydroxylation is 1. The molecular weight excluding hydrogens is 332 g/mol. The molecule has 4 heteroatoms. The van der Waals surface area contributed by atoms with Gasteiger partial charge in [0.05, 0.1) is 0 Å². The van der Waals surface area contributed by atoms with Gasteiger partial charge in [-0.25, -0.2) is 4.99 Å². The quantitative estimate of drug-likeness (QED) is 0.409. The summed E-state index contributed by atoms with van der Waals surface area (Å²) in [5, 5.41) is 3.46. The number of allylic oxidation sites excluding steroid dienone is 2. The normalized spacial score (nSPS) is 13.2. The van der Waals surface area contributed by atoms with Crippen molar-refractivity contribution in [2.24, 2.45) is 10.7 Å². The van der Waals surface area contributed by atoms with Crippen molar-refractivity contribution in [3.63, 3.8) is 0 Å². The van der Waals surface area contributed by atoms with Gasteiger partial charge in [-0.3, -0.25) is 10.3 Å². The average molecular weight is 365 g/mol. The fourth-order valence-electron chi connectivity index (χ4n) is 2.41. The van der Waals surface area contributed by atoms with Gasteiger partial charge in [-0.05, 0) is 32.4 Å². The summed E-state index contributed by atoms with van der Waals surface area (Å²) in [6, 6.07) is 14.3. The third kappa shape index (κ3) is 7.59. The Bertz CT molecular complexity index is 744. The Hall–Kier alpha value is -2.72. The molecule has 0 radical (unpaired) electrons. The minimum atomic E-state index is -0.256. The number of hydrogen-bond acceptors (Lipinski definition) is 3. The number of nitrogens with zero attached hydrogens (tertiary/aromatic N) is 2. The first-order valence-electron chi connectivity index (χ1n) is 9.46. The first kappa shape index (κ1) is 22.3. The van der Waals surface area contributed by atoms with Gasteiger partial charge in [-0.1, -0.05) is 68.5 Å². The second-order valence-corrected chi connectivity index (χ2v) is 5.76. The van der Waals surface area contributed by atoms with Crippen molar-refractivity contribution in [3.8, 4) is 0 Å². The molecule has 0 fully saturated rings. The number of benzene rings is 1. The molecule has 1 aromatic heterocycles. The molecule has 1 heterocycles. The van der Waals surface area contributed by atoms with Crippen molar-refractivity contribution < 1.29 is 0 Å². The Labute approximate surface area is 163 Å². The standard InChI is InChI=1S/C21H26N4.C2H6/c1-4-9-18(5-2)20(22)25-21(19-13-12-16(3)23-15-19)24-14-17-10-7-6-8-11-17;1-2/h4-13,15,21,24H,14H2,1-3H3,(H2,22,25);1-2H3/b9-4-,18-5+;. The SMILES string of the molecule is CC.C\C=C/C(=C\C)C(/N)=N/C(NCc1ccccc1)c1ccc(C)nc1. The van der Waals surface area contributed by atoms with Crippen LogP contribution in [0.4, 0.5) is 0 Å². The molecule has 0 aliphatic rings. The van der Waals surface area contributed by atoms with Gasteiger partial charge in [0.1, 0.15) is 12.0 Å². The van der Waals surface area contributed by atoms with Gasteiger partial charge in [0, 0.05) is 29.6 Å². The van der Waals surface area contributed by atoms with Crippen molar-refractivity contribution in [1.29, 1.82) is 0 Å². The second kappa shape index (κ2) is 12.6. The van der Waals surface area contributed by atoms with Gasteiger partial charge >= 0.3 is 0 Å². The number of aromatic nitrogens is 1. The van der Waals surface area contributed by atoms with Crippen LogP contribution in [0.15, 0.2) is 77.5 Å². The summed E-state index contributed by atoms with van der Waals surface area (Å²) in [5.41, 5.74) is 10.3. The molecule has 2 aromatic rings. The smallest absolute Gasteiger partial charge is 0.129 e. The Balaban J connectivity index is 0.00000176. The lowest BCUT2D eigenvalue weighted by Gasteiger charge is -2.17. The van der Waals surface area contributed by atoms with Crippen LogP contribution in [0.5, 0.6) is 0 Å². The van der Waals surface area contributed by atoms with Gasteiger partial charge in [-0.15, -0.1) is 0 Å². The zero-order valence-electron chi connectivity index (χ0n) is 17.1. The first-order valence-corrected chi connectivity index (χ1v) is 9.46. The topological polar surface area (TPSA) is 63.3 Å². The second-order valence-electron chi connectivity index (χ2n) is 5.76. The fourth-order valence-corrected chi connectivity index (χ4v) is 2.41. The van der Waals surface area contributed by atoms with Crippen LogP contribution < -0.4 is 11.1 Å². The summed E-state index contributed by atoms with van der Waals surface area (Å²) < 4.78 is 0. The van der Waals surface area contributed by atoms with E-state index in [0.29, 0.717) is 12.4 Å². The van der Waals surface area contributed by atoms with Gasteiger partial charge in [0.25, 0.3) is 0 Å². The van der Waals surface area contributed by atoms with Crippen LogP contribution in [0.3, 0.4) is 0 Å². The van der Waals surface area contributed by atoms with E-state index in [1.54, 1.807) is 0 Å². The Kier molecular flexibility index (Phi) is 10.4. The number of rotatable bonds is 7. The van der Waals surface area contributed by atoms with E-state index in [0.717, 1.165) is 16.8 Å². The molecule has 0 saturated carbocycles. The third-order valence-electron chi connectivity index (χ3n) is 3.81. The summed E-state index contributed by atoms with van der Waals surface area (Å²) in [6.07, 6.45) is 7.46. The van der Waals surface area contributed by atoms with E-state index in [1.807, 2.05) is 89.4 Å². The van der Waals surface area contributed by atoms with Crippen molar-refractivity contribution in [3.05, 3.63) is 89.3 Å². The van der Waals surface area contributed by atoms with E-state index in [2.05, 4.69) is 22.4 Å². The third-order valence-corrected chi connectivity index (χ3v) is 3.81. The van der Waals surface area contributed by atoms with E-state index in [1.165, 1.54) is 5.56 Å². The van der Waals surface area contributed by atoms with Crippen LogP contribution in [0.25, 0.3) is 0 Å². The molecule has 1 unspecified atom stereocenters. The number of nitrogens with one attached hydrogen (secondary N) is 1. The number of nitrogens with two attached hydrogens (primary N) is 1. The van der Waals surface area contributed by atoms with E-state index in [9.17, 15) is 0 Å². The Morgan fingerprint density at radius 3 is 2.41 bits per heavy atom. The summed E-state index contributed by atoms with van der Waals surface area (Å²) in [6.45, 7) is 10.6. The molecular formula is C23H32N4. The van der Waals surface area contributed by atoms with Crippen molar-refractivity contribution in [2.75, 3.05) is 0 Å². The highest BCUT2D eigenvalue weighted by Crippen LogP contribution is 2.16. The minimum Gasteiger partial charge on any atom is -0.383 e. The van der Waals surface area contributed by atoms with Crippen LogP contribution in [0.1, 0.15) is 50.7 Å². The van der Waals surface area contributed by atoms with E-state index in [-0.39, 0.29) is 6.17 Å². The van der Waals surface area contributed by atoms with Gasteiger partial charge in [0.2, 0.25) is 0 Å². The molecule has 0 aliphatic carbocycles. The van der Waals surface area contributed by atoms with Gasteiger partial charge in [0.15, 0.2) is 0 Å². The average Bonchev–Trinajstić information content (AvgIpc) is 2.72. The lowest BCUT2D eigenvalue weighted by Crippen LogP contribution is -2.24. The summed E-state index contributed by atoms with van der Waals surface area (Å²) >= 11 is 0. The van der Waals surface area contributed by atoms with Gasteiger partial charge in [-0.2, -0.15) is 0 Å².